The van der Waals surface area contributed by atoms with Crippen LogP contribution in [0.4, 0.5) is 5.69 Å². The van der Waals surface area contributed by atoms with Crippen LogP contribution in [0.1, 0.15) is 35.9 Å². The Kier molecular flexibility index (Phi) is 5.38. The van der Waals surface area contributed by atoms with Crippen molar-refractivity contribution in [2.24, 2.45) is 0 Å². The molecule has 2 aliphatic heterocycles. The van der Waals surface area contributed by atoms with Crippen molar-refractivity contribution in [1.29, 1.82) is 0 Å². The first-order valence-electron chi connectivity index (χ1n) is 10.1. The first-order valence-corrected chi connectivity index (χ1v) is 10.1. The molecule has 29 heavy (non-hydrogen) atoms. The van der Waals surface area contributed by atoms with Crippen LogP contribution in [0.5, 0.6) is 0 Å². The zero-order chi connectivity index (χ0) is 20.4. The average molecular weight is 395 g/mol. The molecule has 1 aromatic heterocycles. The second kappa shape index (κ2) is 8.11. The van der Waals surface area contributed by atoms with Crippen molar-refractivity contribution in [2.75, 3.05) is 31.1 Å². The largest absolute Gasteiger partial charge is 0.459 e. The van der Waals surface area contributed by atoms with E-state index in [9.17, 15) is 14.4 Å². The number of anilines is 1. The molecular weight excluding hydrogens is 370 g/mol. The van der Waals surface area contributed by atoms with Gasteiger partial charge in [0.1, 0.15) is 6.04 Å². The van der Waals surface area contributed by atoms with E-state index in [4.69, 9.17) is 4.42 Å². The van der Waals surface area contributed by atoms with Gasteiger partial charge in [-0.25, -0.2) is 0 Å². The number of para-hydroxylation sites is 1. The summed E-state index contributed by atoms with van der Waals surface area (Å²) in [5.74, 6) is 0.0549. The summed E-state index contributed by atoms with van der Waals surface area (Å²) in [7, 11) is 0. The highest BCUT2D eigenvalue weighted by Crippen LogP contribution is 2.29. The summed E-state index contributed by atoms with van der Waals surface area (Å²) in [5.41, 5.74) is 1.94. The van der Waals surface area contributed by atoms with E-state index in [0.717, 1.165) is 24.1 Å². The van der Waals surface area contributed by atoms with Gasteiger partial charge in [-0.2, -0.15) is 0 Å². The fraction of sp³-hybridized carbons (Fsp3) is 0.409. The number of fused-ring (bicyclic) bond motifs is 1. The summed E-state index contributed by atoms with van der Waals surface area (Å²) in [4.78, 5) is 43.5. The van der Waals surface area contributed by atoms with Gasteiger partial charge in [-0.15, -0.1) is 0 Å². The van der Waals surface area contributed by atoms with Crippen molar-refractivity contribution < 1.29 is 18.8 Å². The number of amides is 3. The summed E-state index contributed by atoms with van der Waals surface area (Å²) in [6, 6.07) is 10.6. The quantitative estimate of drug-likeness (QED) is 0.800. The number of aryl methyl sites for hydroxylation is 1. The maximum atomic E-state index is 13.2. The number of hydrogen-bond acceptors (Lipinski definition) is 4. The van der Waals surface area contributed by atoms with E-state index in [2.05, 4.69) is 0 Å². The van der Waals surface area contributed by atoms with Gasteiger partial charge in [-0.3, -0.25) is 19.3 Å². The highest BCUT2D eigenvalue weighted by atomic mass is 16.3. The van der Waals surface area contributed by atoms with E-state index < -0.39 is 6.04 Å². The van der Waals surface area contributed by atoms with Crippen LogP contribution in [0.25, 0.3) is 0 Å². The lowest BCUT2D eigenvalue weighted by Crippen LogP contribution is -2.56. The van der Waals surface area contributed by atoms with E-state index in [1.165, 1.54) is 6.26 Å². The molecule has 0 aliphatic carbocycles. The minimum atomic E-state index is -0.575. The second-order valence-electron chi connectivity index (χ2n) is 7.52. The second-order valence-corrected chi connectivity index (χ2v) is 7.52. The Morgan fingerprint density at radius 2 is 1.69 bits per heavy atom. The summed E-state index contributed by atoms with van der Waals surface area (Å²) in [6.07, 6.45) is 3.55. The van der Waals surface area contributed by atoms with Crippen molar-refractivity contribution in [3.63, 3.8) is 0 Å². The SMILES string of the molecule is CC(C(=O)N1CCN(C(=O)c2ccco2)CC1)N1C(=O)CCCc2ccccc21. The van der Waals surface area contributed by atoms with Crippen LogP contribution in [0.2, 0.25) is 0 Å². The highest BCUT2D eigenvalue weighted by molar-refractivity contribution is 6.01. The van der Waals surface area contributed by atoms with Crippen LogP contribution in [0.15, 0.2) is 47.1 Å². The number of carbonyl (C=O) groups excluding carboxylic acids is 3. The number of hydrogen-bond donors (Lipinski definition) is 0. The molecule has 1 aromatic carbocycles. The van der Waals surface area contributed by atoms with E-state index in [0.29, 0.717) is 38.4 Å². The van der Waals surface area contributed by atoms with Crippen LogP contribution in [0.3, 0.4) is 0 Å². The molecule has 1 atom stereocenters. The fourth-order valence-corrected chi connectivity index (χ4v) is 4.13. The van der Waals surface area contributed by atoms with E-state index >= 15 is 0 Å². The molecular formula is C22H25N3O4. The monoisotopic (exact) mass is 395 g/mol. The molecule has 2 aromatic rings. The molecule has 0 bridgehead atoms. The standard InChI is InChI=1S/C22H25N3O4/c1-16(25-18-8-3-2-6-17(18)7-4-10-20(25)26)21(27)23-11-13-24(14-12-23)22(28)19-9-5-15-29-19/h2-3,5-6,8-9,15-16H,4,7,10-14H2,1H3. The lowest BCUT2D eigenvalue weighted by molar-refractivity contribution is -0.135. The van der Waals surface area contributed by atoms with Gasteiger partial charge in [0.2, 0.25) is 11.8 Å². The molecule has 1 saturated heterocycles. The number of piperazine rings is 1. The van der Waals surface area contributed by atoms with Crippen molar-refractivity contribution in [2.45, 2.75) is 32.2 Å². The third-order valence-corrected chi connectivity index (χ3v) is 5.71. The average Bonchev–Trinajstić information content (AvgIpc) is 3.23. The zero-order valence-electron chi connectivity index (χ0n) is 16.5. The van der Waals surface area contributed by atoms with Gasteiger partial charge in [-0.1, -0.05) is 18.2 Å². The van der Waals surface area contributed by atoms with Gasteiger partial charge in [-0.05, 0) is 43.5 Å². The number of rotatable bonds is 3. The normalized spacial score (nSPS) is 18.2. The molecule has 1 fully saturated rings. The molecule has 7 nitrogen and oxygen atoms in total. The molecule has 152 valence electrons. The summed E-state index contributed by atoms with van der Waals surface area (Å²) < 4.78 is 5.18. The molecule has 3 amide bonds. The van der Waals surface area contributed by atoms with Crippen LogP contribution in [-0.4, -0.2) is 59.7 Å². The lowest BCUT2D eigenvalue weighted by Gasteiger charge is -2.38. The van der Waals surface area contributed by atoms with Crippen molar-refractivity contribution in [1.82, 2.24) is 9.80 Å². The lowest BCUT2D eigenvalue weighted by atomic mass is 10.1. The number of carbonyl (C=O) groups is 3. The Hall–Kier alpha value is -3.09. The molecule has 1 unspecified atom stereocenters. The van der Waals surface area contributed by atoms with E-state index in [-0.39, 0.29) is 17.7 Å². The third-order valence-electron chi connectivity index (χ3n) is 5.71. The molecule has 4 rings (SSSR count). The Labute approximate surface area is 169 Å². The van der Waals surface area contributed by atoms with Crippen molar-refractivity contribution in [3.05, 3.63) is 54.0 Å². The predicted molar refractivity (Wildman–Crippen MR) is 108 cm³/mol. The van der Waals surface area contributed by atoms with E-state index in [1.54, 1.807) is 33.8 Å². The van der Waals surface area contributed by atoms with Gasteiger partial charge < -0.3 is 14.2 Å². The maximum Gasteiger partial charge on any atom is 0.289 e. The molecule has 0 saturated carbocycles. The smallest absolute Gasteiger partial charge is 0.289 e. The van der Waals surface area contributed by atoms with Gasteiger partial charge in [0.25, 0.3) is 5.91 Å². The molecule has 0 radical (unpaired) electrons. The highest BCUT2D eigenvalue weighted by Gasteiger charge is 2.34. The Balaban J connectivity index is 1.45. The van der Waals surface area contributed by atoms with Gasteiger partial charge in [0.05, 0.1) is 6.26 Å². The molecule has 7 heteroatoms. The molecule has 3 heterocycles. The molecule has 0 N–H and O–H groups in total. The number of nitrogens with zero attached hydrogens (tertiary/aromatic N) is 3. The minimum Gasteiger partial charge on any atom is -0.459 e. The zero-order valence-corrected chi connectivity index (χ0v) is 16.5. The Morgan fingerprint density at radius 3 is 2.41 bits per heavy atom. The van der Waals surface area contributed by atoms with Gasteiger partial charge >= 0.3 is 0 Å². The number of furan rings is 1. The maximum absolute atomic E-state index is 13.2. The number of benzene rings is 1. The van der Waals surface area contributed by atoms with Crippen molar-refractivity contribution in [3.8, 4) is 0 Å². The van der Waals surface area contributed by atoms with Crippen LogP contribution >= 0.6 is 0 Å². The third kappa shape index (κ3) is 3.77. The van der Waals surface area contributed by atoms with Crippen LogP contribution in [-0.2, 0) is 16.0 Å². The molecule has 2 aliphatic rings. The summed E-state index contributed by atoms with van der Waals surface area (Å²) in [6.45, 7) is 3.58. The predicted octanol–water partition coefficient (Wildman–Crippen LogP) is 2.32. The minimum absolute atomic E-state index is 0.0116. The fourth-order valence-electron chi connectivity index (χ4n) is 4.13. The van der Waals surface area contributed by atoms with Crippen molar-refractivity contribution >= 4 is 23.4 Å². The Morgan fingerprint density at radius 1 is 0.966 bits per heavy atom. The van der Waals surface area contributed by atoms with Crippen LogP contribution < -0.4 is 4.90 Å². The van der Waals surface area contributed by atoms with E-state index in [1.807, 2.05) is 24.3 Å². The Bertz CT molecular complexity index is 901. The first-order chi connectivity index (χ1) is 14.1. The summed E-state index contributed by atoms with van der Waals surface area (Å²) >= 11 is 0. The molecule has 0 spiro atoms. The van der Waals surface area contributed by atoms with Gasteiger partial charge in [0, 0.05) is 38.3 Å². The summed E-state index contributed by atoms with van der Waals surface area (Å²) in [5, 5.41) is 0. The first kappa shape index (κ1) is 19.2. The topological polar surface area (TPSA) is 74.1 Å². The van der Waals surface area contributed by atoms with Crippen LogP contribution in [0, 0.1) is 0 Å². The van der Waals surface area contributed by atoms with Gasteiger partial charge in [0.15, 0.2) is 5.76 Å².